The Hall–Kier alpha value is -0.780. The Balaban J connectivity index is 2.09. The van der Waals surface area contributed by atoms with E-state index in [1.54, 1.807) is 6.92 Å². The number of fused-ring (bicyclic) bond motifs is 1. The molecular formula is C13H18BrNO3. The minimum Gasteiger partial charge on any atom is -0.454 e. The molecule has 1 aliphatic rings. The Bertz CT molecular complexity index is 446. The molecule has 2 rings (SSSR count). The monoisotopic (exact) mass is 315 g/mol. The number of aliphatic hydroxyl groups excluding tert-OH is 1. The molecule has 0 fully saturated rings. The molecule has 0 saturated carbocycles. The SMILES string of the molecule is CC(O)C(C)(C)NCc1cc(Br)c2c(c1)OCO2. The fourth-order valence-electron chi connectivity index (χ4n) is 1.60. The lowest BCUT2D eigenvalue weighted by Gasteiger charge is -2.29. The van der Waals surface area contributed by atoms with Gasteiger partial charge >= 0.3 is 0 Å². The summed E-state index contributed by atoms with van der Waals surface area (Å²) in [7, 11) is 0. The highest BCUT2D eigenvalue weighted by Gasteiger charge is 2.24. The van der Waals surface area contributed by atoms with Crippen molar-refractivity contribution in [3.63, 3.8) is 0 Å². The molecule has 0 spiro atoms. The van der Waals surface area contributed by atoms with E-state index in [2.05, 4.69) is 21.2 Å². The molecule has 18 heavy (non-hydrogen) atoms. The number of hydrogen-bond acceptors (Lipinski definition) is 4. The molecular weight excluding hydrogens is 298 g/mol. The largest absolute Gasteiger partial charge is 0.454 e. The van der Waals surface area contributed by atoms with Crippen molar-refractivity contribution in [1.29, 1.82) is 0 Å². The Morgan fingerprint density at radius 1 is 1.44 bits per heavy atom. The third-order valence-electron chi connectivity index (χ3n) is 3.28. The molecule has 0 aromatic heterocycles. The second-order valence-corrected chi connectivity index (χ2v) is 5.92. The summed E-state index contributed by atoms with van der Waals surface area (Å²) in [5.74, 6) is 1.52. The second-order valence-electron chi connectivity index (χ2n) is 5.06. The van der Waals surface area contributed by atoms with Gasteiger partial charge in [0, 0.05) is 12.1 Å². The minimum absolute atomic E-state index is 0.268. The first-order valence-electron chi connectivity index (χ1n) is 5.91. The molecule has 1 aromatic carbocycles. The van der Waals surface area contributed by atoms with Crippen molar-refractivity contribution in [2.45, 2.75) is 39.0 Å². The number of hydrogen-bond donors (Lipinski definition) is 2. The van der Waals surface area contributed by atoms with Gasteiger partial charge in [0.1, 0.15) is 0 Å². The molecule has 0 bridgehead atoms. The molecule has 4 nitrogen and oxygen atoms in total. The highest BCUT2D eigenvalue weighted by Crippen LogP contribution is 2.40. The molecule has 2 N–H and O–H groups in total. The van der Waals surface area contributed by atoms with Gasteiger partial charge in [-0.1, -0.05) is 0 Å². The molecule has 5 heteroatoms. The van der Waals surface area contributed by atoms with Crippen LogP contribution in [0.1, 0.15) is 26.3 Å². The van der Waals surface area contributed by atoms with Crippen molar-refractivity contribution in [3.8, 4) is 11.5 Å². The predicted molar refractivity (Wildman–Crippen MR) is 72.9 cm³/mol. The fraction of sp³-hybridized carbons (Fsp3) is 0.538. The van der Waals surface area contributed by atoms with E-state index in [-0.39, 0.29) is 12.3 Å². The number of ether oxygens (including phenoxy) is 2. The quantitative estimate of drug-likeness (QED) is 0.896. The van der Waals surface area contributed by atoms with E-state index in [4.69, 9.17) is 9.47 Å². The number of aliphatic hydroxyl groups is 1. The third-order valence-corrected chi connectivity index (χ3v) is 3.87. The Kier molecular flexibility index (Phi) is 3.84. The summed E-state index contributed by atoms with van der Waals surface area (Å²) in [4.78, 5) is 0. The number of halogens is 1. The zero-order chi connectivity index (χ0) is 13.3. The molecule has 1 unspecified atom stereocenters. The van der Waals surface area contributed by atoms with Crippen LogP contribution in [0.3, 0.4) is 0 Å². The summed E-state index contributed by atoms with van der Waals surface area (Å²) in [6.45, 7) is 6.65. The van der Waals surface area contributed by atoms with Gasteiger partial charge in [-0.25, -0.2) is 0 Å². The smallest absolute Gasteiger partial charge is 0.231 e. The number of rotatable bonds is 4. The standard InChI is InChI=1S/C13H18BrNO3/c1-8(16)13(2,3)15-6-9-4-10(14)12-11(5-9)17-7-18-12/h4-5,8,15-16H,6-7H2,1-3H3. The van der Waals surface area contributed by atoms with Crippen LogP contribution in [0, 0.1) is 0 Å². The lowest BCUT2D eigenvalue weighted by molar-refractivity contribution is 0.0956. The first-order chi connectivity index (χ1) is 8.40. The van der Waals surface area contributed by atoms with Crippen molar-refractivity contribution in [3.05, 3.63) is 22.2 Å². The summed E-state index contributed by atoms with van der Waals surface area (Å²) in [6, 6.07) is 3.96. The summed E-state index contributed by atoms with van der Waals surface area (Å²) < 4.78 is 11.6. The van der Waals surface area contributed by atoms with Crippen molar-refractivity contribution >= 4 is 15.9 Å². The number of benzene rings is 1. The van der Waals surface area contributed by atoms with Gasteiger partial charge in [-0.2, -0.15) is 0 Å². The first-order valence-corrected chi connectivity index (χ1v) is 6.70. The summed E-state index contributed by atoms with van der Waals surface area (Å²) >= 11 is 3.47. The summed E-state index contributed by atoms with van der Waals surface area (Å²) in [6.07, 6.45) is -0.421. The zero-order valence-electron chi connectivity index (χ0n) is 10.8. The molecule has 1 atom stereocenters. The Morgan fingerprint density at radius 2 is 2.17 bits per heavy atom. The van der Waals surface area contributed by atoms with E-state index in [1.807, 2.05) is 26.0 Å². The molecule has 0 aliphatic carbocycles. The van der Waals surface area contributed by atoms with Crippen molar-refractivity contribution in [2.24, 2.45) is 0 Å². The average Bonchev–Trinajstić information content (AvgIpc) is 2.75. The molecule has 1 aliphatic heterocycles. The van der Waals surface area contributed by atoms with Crippen LogP contribution in [0.5, 0.6) is 11.5 Å². The molecule has 0 saturated heterocycles. The molecule has 1 aromatic rings. The maximum atomic E-state index is 9.65. The van der Waals surface area contributed by atoms with Crippen LogP contribution in [-0.2, 0) is 6.54 Å². The predicted octanol–water partition coefficient (Wildman–Crippen LogP) is 2.43. The average molecular weight is 316 g/mol. The normalized spacial score (nSPS) is 15.8. The van der Waals surface area contributed by atoms with Crippen LogP contribution in [-0.4, -0.2) is 23.5 Å². The lowest BCUT2D eigenvalue weighted by atomic mass is 9.98. The Morgan fingerprint density at radius 3 is 2.83 bits per heavy atom. The van der Waals surface area contributed by atoms with E-state index in [9.17, 15) is 5.11 Å². The zero-order valence-corrected chi connectivity index (χ0v) is 12.4. The van der Waals surface area contributed by atoms with Crippen LogP contribution in [0.4, 0.5) is 0 Å². The highest BCUT2D eigenvalue weighted by atomic mass is 79.9. The highest BCUT2D eigenvalue weighted by molar-refractivity contribution is 9.10. The topological polar surface area (TPSA) is 50.7 Å². The van der Waals surface area contributed by atoms with Crippen molar-refractivity contribution < 1.29 is 14.6 Å². The maximum Gasteiger partial charge on any atom is 0.231 e. The molecule has 1 heterocycles. The van der Waals surface area contributed by atoms with E-state index in [0.717, 1.165) is 21.5 Å². The molecule has 100 valence electrons. The van der Waals surface area contributed by atoms with Gasteiger partial charge < -0.3 is 19.9 Å². The van der Waals surface area contributed by atoms with Crippen LogP contribution in [0.25, 0.3) is 0 Å². The molecule has 0 radical (unpaired) electrons. The van der Waals surface area contributed by atoms with Gasteiger partial charge in [0.25, 0.3) is 0 Å². The maximum absolute atomic E-state index is 9.65. The van der Waals surface area contributed by atoms with Crippen LogP contribution < -0.4 is 14.8 Å². The molecule has 0 amide bonds. The van der Waals surface area contributed by atoms with Crippen LogP contribution in [0.15, 0.2) is 16.6 Å². The van der Waals surface area contributed by atoms with Crippen molar-refractivity contribution in [1.82, 2.24) is 5.32 Å². The van der Waals surface area contributed by atoms with E-state index < -0.39 is 6.10 Å². The van der Waals surface area contributed by atoms with Gasteiger partial charge in [-0.15, -0.1) is 0 Å². The fourth-order valence-corrected chi connectivity index (χ4v) is 2.20. The summed E-state index contributed by atoms with van der Waals surface area (Å²) in [5, 5.41) is 13.0. The van der Waals surface area contributed by atoms with Gasteiger partial charge in [-0.3, -0.25) is 0 Å². The number of nitrogens with one attached hydrogen (secondary N) is 1. The van der Waals surface area contributed by atoms with Gasteiger partial charge in [0.05, 0.1) is 10.6 Å². The lowest BCUT2D eigenvalue weighted by Crippen LogP contribution is -2.47. The third kappa shape index (κ3) is 2.79. The van der Waals surface area contributed by atoms with Gasteiger partial charge in [0.2, 0.25) is 6.79 Å². The van der Waals surface area contributed by atoms with Crippen molar-refractivity contribution in [2.75, 3.05) is 6.79 Å². The van der Waals surface area contributed by atoms with E-state index in [0.29, 0.717) is 6.54 Å². The summed E-state index contributed by atoms with van der Waals surface area (Å²) in [5.41, 5.74) is 0.753. The van der Waals surface area contributed by atoms with E-state index in [1.165, 1.54) is 0 Å². The van der Waals surface area contributed by atoms with Gasteiger partial charge in [0.15, 0.2) is 11.5 Å². The van der Waals surface area contributed by atoms with Crippen LogP contribution >= 0.6 is 15.9 Å². The first kappa shape index (κ1) is 13.6. The second kappa shape index (κ2) is 5.07. The van der Waals surface area contributed by atoms with Crippen LogP contribution in [0.2, 0.25) is 0 Å². The minimum atomic E-state index is -0.421. The Labute approximate surface area is 115 Å². The van der Waals surface area contributed by atoms with Gasteiger partial charge in [-0.05, 0) is 54.4 Å². The van der Waals surface area contributed by atoms with E-state index >= 15 is 0 Å².